The SMILES string of the molecule is Cc1c([N+](=O)[O-])[c]ccc1-c1cccc(Cl)c1. The first-order chi connectivity index (χ1) is 8.09. The predicted octanol–water partition coefficient (Wildman–Crippen LogP) is 4.02. The molecule has 0 bridgehead atoms. The van der Waals surface area contributed by atoms with E-state index in [9.17, 15) is 10.1 Å². The summed E-state index contributed by atoms with van der Waals surface area (Å²) in [5.74, 6) is 0. The zero-order chi connectivity index (χ0) is 12.4. The van der Waals surface area contributed by atoms with Gasteiger partial charge in [0.05, 0.1) is 11.0 Å². The fraction of sp³-hybridized carbons (Fsp3) is 0.0769. The number of hydrogen-bond acceptors (Lipinski definition) is 2. The normalized spacial score (nSPS) is 10.2. The Morgan fingerprint density at radius 2 is 2.12 bits per heavy atom. The van der Waals surface area contributed by atoms with Gasteiger partial charge < -0.3 is 0 Å². The molecular formula is C13H9ClNO2. The van der Waals surface area contributed by atoms with Gasteiger partial charge in [-0.1, -0.05) is 29.8 Å². The third-order valence-electron chi connectivity index (χ3n) is 2.55. The molecule has 0 saturated carbocycles. The highest BCUT2D eigenvalue weighted by atomic mass is 35.5. The van der Waals surface area contributed by atoms with Gasteiger partial charge in [0, 0.05) is 10.6 Å². The van der Waals surface area contributed by atoms with E-state index in [1.54, 1.807) is 31.2 Å². The Balaban J connectivity index is 2.60. The summed E-state index contributed by atoms with van der Waals surface area (Å²) >= 11 is 5.91. The topological polar surface area (TPSA) is 43.1 Å². The molecule has 0 heterocycles. The molecule has 0 saturated heterocycles. The zero-order valence-electron chi connectivity index (χ0n) is 9.11. The minimum absolute atomic E-state index is 0.00229. The van der Waals surface area contributed by atoms with Crippen molar-refractivity contribution in [3.8, 4) is 11.1 Å². The van der Waals surface area contributed by atoms with Gasteiger partial charge in [0.1, 0.15) is 0 Å². The summed E-state index contributed by atoms with van der Waals surface area (Å²) in [5, 5.41) is 11.4. The van der Waals surface area contributed by atoms with Crippen LogP contribution in [0.2, 0.25) is 5.02 Å². The molecule has 0 aromatic heterocycles. The molecule has 2 aromatic carbocycles. The molecule has 17 heavy (non-hydrogen) atoms. The van der Waals surface area contributed by atoms with Crippen LogP contribution in [-0.4, -0.2) is 4.92 Å². The van der Waals surface area contributed by atoms with Crippen LogP contribution in [0.3, 0.4) is 0 Å². The van der Waals surface area contributed by atoms with Crippen molar-refractivity contribution < 1.29 is 4.92 Å². The standard InChI is InChI=1S/C13H9ClNO2/c1-9-12(6-3-7-13(9)15(16)17)10-4-2-5-11(14)8-10/h2-6,8H,1H3. The molecule has 2 rings (SSSR count). The first-order valence-electron chi connectivity index (χ1n) is 5.01. The molecule has 0 amide bonds. The summed E-state index contributed by atoms with van der Waals surface area (Å²) in [4.78, 5) is 10.4. The van der Waals surface area contributed by atoms with Gasteiger partial charge in [0.25, 0.3) is 5.69 Å². The van der Waals surface area contributed by atoms with Crippen molar-refractivity contribution in [2.24, 2.45) is 0 Å². The Hall–Kier alpha value is -1.87. The second-order valence-electron chi connectivity index (χ2n) is 3.63. The number of nitrogens with zero attached hydrogens (tertiary/aromatic N) is 1. The van der Waals surface area contributed by atoms with Gasteiger partial charge in [-0.15, -0.1) is 0 Å². The van der Waals surface area contributed by atoms with Crippen molar-refractivity contribution in [1.82, 2.24) is 0 Å². The second kappa shape index (κ2) is 4.55. The minimum atomic E-state index is -0.427. The number of halogens is 1. The second-order valence-corrected chi connectivity index (χ2v) is 4.07. The molecule has 0 unspecified atom stereocenters. The lowest BCUT2D eigenvalue weighted by Crippen LogP contribution is -1.93. The number of hydrogen-bond donors (Lipinski definition) is 0. The number of benzene rings is 2. The molecule has 1 radical (unpaired) electrons. The molecular weight excluding hydrogens is 238 g/mol. The van der Waals surface area contributed by atoms with Crippen LogP contribution in [-0.2, 0) is 0 Å². The maximum Gasteiger partial charge on any atom is 0.280 e. The van der Waals surface area contributed by atoms with Gasteiger partial charge >= 0.3 is 0 Å². The molecule has 0 atom stereocenters. The van der Waals surface area contributed by atoms with Gasteiger partial charge in [0.2, 0.25) is 0 Å². The summed E-state index contributed by atoms with van der Waals surface area (Å²) in [6.45, 7) is 1.71. The summed E-state index contributed by atoms with van der Waals surface area (Å²) < 4.78 is 0. The molecule has 3 nitrogen and oxygen atoms in total. The Morgan fingerprint density at radius 1 is 1.35 bits per heavy atom. The highest BCUT2D eigenvalue weighted by molar-refractivity contribution is 6.30. The van der Waals surface area contributed by atoms with Crippen LogP contribution in [0.4, 0.5) is 5.69 Å². The van der Waals surface area contributed by atoms with E-state index in [4.69, 9.17) is 11.6 Å². The van der Waals surface area contributed by atoms with Crippen LogP contribution in [0.1, 0.15) is 5.56 Å². The Bertz CT molecular complexity index is 581. The first kappa shape index (κ1) is 11.6. The highest BCUT2D eigenvalue weighted by Crippen LogP contribution is 2.30. The van der Waals surface area contributed by atoms with E-state index in [-0.39, 0.29) is 5.69 Å². The van der Waals surface area contributed by atoms with Crippen molar-refractivity contribution >= 4 is 17.3 Å². The minimum Gasteiger partial charge on any atom is -0.258 e. The fourth-order valence-corrected chi connectivity index (χ4v) is 1.91. The summed E-state index contributed by atoms with van der Waals surface area (Å²) in [6.07, 6.45) is 0. The van der Waals surface area contributed by atoms with Gasteiger partial charge in [-0.2, -0.15) is 0 Å². The van der Waals surface area contributed by atoms with E-state index in [2.05, 4.69) is 6.07 Å². The first-order valence-corrected chi connectivity index (χ1v) is 5.39. The van der Waals surface area contributed by atoms with Crippen LogP contribution in [0, 0.1) is 23.1 Å². The van der Waals surface area contributed by atoms with E-state index >= 15 is 0 Å². The molecule has 85 valence electrons. The fourth-order valence-electron chi connectivity index (χ4n) is 1.72. The zero-order valence-corrected chi connectivity index (χ0v) is 9.86. The number of rotatable bonds is 2. The molecule has 0 aliphatic rings. The van der Waals surface area contributed by atoms with Crippen LogP contribution >= 0.6 is 11.6 Å². The maximum atomic E-state index is 10.8. The van der Waals surface area contributed by atoms with Gasteiger partial charge in [-0.05, 0) is 36.2 Å². The third kappa shape index (κ3) is 2.29. The van der Waals surface area contributed by atoms with Crippen LogP contribution in [0.15, 0.2) is 36.4 Å². The Kier molecular flexibility index (Phi) is 3.11. The third-order valence-corrected chi connectivity index (χ3v) is 2.78. The Morgan fingerprint density at radius 3 is 2.76 bits per heavy atom. The van der Waals surface area contributed by atoms with E-state index in [0.29, 0.717) is 10.6 Å². The molecule has 0 aliphatic carbocycles. The van der Waals surface area contributed by atoms with Crippen molar-refractivity contribution in [1.29, 1.82) is 0 Å². The molecule has 0 fully saturated rings. The molecule has 4 heteroatoms. The molecule has 2 aromatic rings. The van der Waals surface area contributed by atoms with E-state index < -0.39 is 4.92 Å². The number of nitro groups is 1. The van der Waals surface area contributed by atoms with E-state index in [1.807, 2.05) is 12.1 Å². The predicted molar refractivity (Wildman–Crippen MR) is 67.1 cm³/mol. The molecule has 0 aliphatic heterocycles. The lowest BCUT2D eigenvalue weighted by molar-refractivity contribution is -0.385. The van der Waals surface area contributed by atoms with E-state index in [0.717, 1.165) is 11.1 Å². The average molecular weight is 247 g/mol. The largest absolute Gasteiger partial charge is 0.280 e. The Labute approximate surface area is 104 Å². The van der Waals surface area contributed by atoms with Crippen molar-refractivity contribution in [2.45, 2.75) is 6.92 Å². The molecule has 0 N–H and O–H groups in total. The van der Waals surface area contributed by atoms with Gasteiger partial charge in [-0.3, -0.25) is 10.1 Å². The summed E-state index contributed by atoms with van der Waals surface area (Å²) in [6, 6.07) is 13.2. The van der Waals surface area contributed by atoms with Crippen molar-refractivity contribution in [3.05, 3.63) is 63.2 Å². The smallest absolute Gasteiger partial charge is 0.258 e. The maximum absolute atomic E-state index is 10.8. The van der Waals surface area contributed by atoms with Crippen LogP contribution in [0.25, 0.3) is 11.1 Å². The summed E-state index contributed by atoms with van der Waals surface area (Å²) in [7, 11) is 0. The monoisotopic (exact) mass is 246 g/mol. The van der Waals surface area contributed by atoms with E-state index in [1.165, 1.54) is 0 Å². The van der Waals surface area contributed by atoms with Crippen LogP contribution < -0.4 is 0 Å². The van der Waals surface area contributed by atoms with Crippen LogP contribution in [0.5, 0.6) is 0 Å². The quantitative estimate of drug-likeness (QED) is 0.593. The van der Waals surface area contributed by atoms with Crippen molar-refractivity contribution in [2.75, 3.05) is 0 Å². The number of nitro benzene ring substituents is 1. The summed E-state index contributed by atoms with van der Waals surface area (Å²) in [5.41, 5.74) is 2.27. The van der Waals surface area contributed by atoms with Gasteiger partial charge in [0.15, 0.2) is 0 Å². The van der Waals surface area contributed by atoms with Gasteiger partial charge in [-0.25, -0.2) is 0 Å². The molecule has 0 spiro atoms. The lowest BCUT2D eigenvalue weighted by Gasteiger charge is -2.06. The average Bonchev–Trinajstić information content (AvgIpc) is 2.29. The highest BCUT2D eigenvalue weighted by Gasteiger charge is 2.14. The van der Waals surface area contributed by atoms with Crippen molar-refractivity contribution in [3.63, 3.8) is 0 Å². The lowest BCUT2D eigenvalue weighted by atomic mass is 9.99.